The minimum Gasteiger partial charge on any atom is -0.483 e. The Kier molecular flexibility index (Phi) is 5.89. The first-order valence-electron chi connectivity index (χ1n) is 8.91. The van der Waals surface area contributed by atoms with E-state index in [0.717, 1.165) is 22.5 Å². The van der Waals surface area contributed by atoms with Gasteiger partial charge in [-0.2, -0.15) is 5.10 Å². The maximum atomic E-state index is 12.5. The maximum absolute atomic E-state index is 12.5. The van der Waals surface area contributed by atoms with Crippen molar-refractivity contribution in [3.63, 3.8) is 0 Å². The lowest BCUT2D eigenvalue weighted by molar-refractivity contribution is -0.118. The van der Waals surface area contributed by atoms with Gasteiger partial charge in [0, 0.05) is 11.1 Å². The van der Waals surface area contributed by atoms with Crippen LogP contribution in [-0.4, -0.2) is 28.2 Å². The number of anilines is 1. The molecule has 8 heteroatoms. The lowest BCUT2D eigenvalue weighted by Gasteiger charge is -2.13. The lowest BCUT2D eigenvalue weighted by atomic mass is 10.1. The van der Waals surface area contributed by atoms with Crippen molar-refractivity contribution in [2.24, 2.45) is 5.73 Å². The molecule has 0 spiro atoms. The van der Waals surface area contributed by atoms with Crippen LogP contribution in [-0.2, 0) is 4.79 Å². The van der Waals surface area contributed by atoms with Crippen molar-refractivity contribution in [3.05, 3.63) is 69.9 Å². The number of nitrogens with zero attached hydrogens (tertiary/aromatic N) is 2. The fourth-order valence-corrected chi connectivity index (χ4v) is 3.03. The van der Waals surface area contributed by atoms with Crippen LogP contribution in [0.1, 0.15) is 27.2 Å². The fraction of sp³-hybridized carbons (Fsp3) is 0.190. The van der Waals surface area contributed by atoms with Gasteiger partial charge in [0.05, 0.1) is 16.9 Å². The zero-order valence-corrected chi connectivity index (χ0v) is 17.1. The molecule has 0 atom stereocenters. The molecular formula is C21H21ClN4O3. The second-order valence-electron chi connectivity index (χ2n) is 6.71. The molecular weight excluding hydrogens is 392 g/mol. The summed E-state index contributed by atoms with van der Waals surface area (Å²) in [5, 5.41) is 7.64. The molecule has 0 aliphatic rings. The number of nitrogens with two attached hydrogens (primary N) is 1. The summed E-state index contributed by atoms with van der Waals surface area (Å²) in [7, 11) is 0. The Morgan fingerprint density at radius 1 is 1.14 bits per heavy atom. The van der Waals surface area contributed by atoms with Gasteiger partial charge in [0.25, 0.3) is 11.8 Å². The standard InChI is InChI=1S/C21H21ClN4O3/c1-12-4-5-13(2)17(8-12)26-19(9-14(3)25-26)24-20(27)11-29-18-7-6-15(22)10-16(18)21(23)28/h4-10H,11H2,1-3H3,(H2,23,28)(H,24,27). The van der Waals surface area contributed by atoms with Crippen LogP contribution in [0.5, 0.6) is 5.75 Å². The number of primary amides is 1. The number of nitrogens with one attached hydrogen (secondary N) is 1. The van der Waals surface area contributed by atoms with Gasteiger partial charge in [0.1, 0.15) is 11.6 Å². The van der Waals surface area contributed by atoms with Gasteiger partial charge < -0.3 is 15.8 Å². The van der Waals surface area contributed by atoms with E-state index in [9.17, 15) is 9.59 Å². The number of carbonyl (C=O) groups excluding carboxylic acids is 2. The van der Waals surface area contributed by atoms with Crippen LogP contribution in [0.25, 0.3) is 5.69 Å². The molecule has 29 heavy (non-hydrogen) atoms. The first kappa shape index (κ1) is 20.4. The van der Waals surface area contributed by atoms with Crippen molar-refractivity contribution in [2.75, 3.05) is 11.9 Å². The molecule has 3 rings (SSSR count). The van der Waals surface area contributed by atoms with Crippen LogP contribution in [0.4, 0.5) is 5.82 Å². The minimum atomic E-state index is -0.688. The smallest absolute Gasteiger partial charge is 0.263 e. The molecule has 0 radical (unpaired) electrons. The number of hydrogen-bond acceptors (Lipinski definition) is 4. The van der Waals surface area contributed by atoms with Crippen LogP contribution >= 0.6 is 11.6 Å². The fourth-order valence-electron chi connectivity index (χ4n) is 2.86. The molecule has 150 valence electrons. The van der Waals surface area contributed by atoms with Gasteiger partial charge in [-0.15, -0.1) is 0 Å². The maximum Gasteiger partial charge on any atom is 0.263 e. The van der Waals surface area contributed by atoms with Crippen molar-refractivity contribution in [1.82, 2.24) is 9.78 Å². The Morgan fingerprint density at radius 2 is 1.90 bits per heavy atom. The van der Waals surface area contributed by atoms with Crippen LogP contribution in [0.3, 0.4) is 0 Å². The summed E-state index contributed by atoms with van der Waals surface area (Å²) in [5.74, 6) is -0.374. The summed E-state index contributed by atoms with van der Waals surface area (Å²) in [4.78, 5) is 24.0. The first-order valence-corrected chi connectivity index (χ1v) is 9.28. The first-order chi connectivity index (χ1) is 13.7. The number of halogens is 1. The highest BCUT2D eigenvalue weighted by Crippen LogP contribution is 2.23. The largest absolute Gasteiger partial charge is 0.483 e. The number of carbonyl (C=O) groups is 2. The Bertz CT molecular complexity index is 1090. The molecule has 0 aliphatic heterocycles. The van der Waals surface area contributed by atoms with Gasteiger partial charge in [0.15, 0.2) is 6.61 Å². The quantitative estimate of drug-likeness (QED) is 0.646. The predicted molar refractivity (Wildman–Crippen MR) is 112 cm³/mol. The van der Waals surface area contributed by atoms with Gasteiger partial charge in [-0.1, -0.05) is 23.7 Å². The summed E-state index contributed by atoms with van der Waals surface area (Å²) in [5.41, 5.74) is 9.20. The Balaban J connectivity index is 1.77. The molecule has 7 nitrogen and oxygen atoms in total. The second kappa shape index (κ2) is 8.36. The molecule has 1 aromatic heterocycles. The normalized spacial score (nSPS) is 10.6. The number of aromatic nitrogens is 2. The molecule has 3 aromatic rings. The molecule has 2 aromatic carbocycles. The molecule has 2 amide bonds. The van der Waals surface area contributed by atoms with Gasteiger partial charge >= 0.3 is 0 Å². The molecule has 0 aliphatic carbocycles. The number of amides is 2. The molecule has 1 heterocycles. The highest BCUT2D eigenvalue weighted by atomic mass is 35.5. The van der Waals surface area contributed by atoms with E-state index in [-0.39, 0.29) is 17.9 Å². The van der Waals surface area contributed by atoms with Gasteiger partial charge in [0.2, 0.25) is 0 Å². The van der Waals surface area contributed by atoms with Crippen LogP contribution in [0.2, 0.25) is 5.02 Å². The van der Waals surface area contributed by atoms with E-state index in [2.05, 4.69) is 10.4 Å². The number of rotatable bonds is 6. The predicted octanol–water partition coefficient (Wildman–Crippen LogP) is 3.57. The third-order valence-electron chi connectivity index (χ3n) is 4.26. The van der Waals surface area contributed by atoms with Gasteiger partial charge in [-0.05, 0) is 56.2 Å². The molecule has 0 bridgehead atoms. The van der Waals surface area contributed by atoms with Crippen molar-refractivity contribution in [2.45, 2.75) is 20.8 Å². The van der Waals surface area contributed by atoms with E-state index in [1.165, 1.54) is 12.1 Å². The number of hydrogen-bond donors (Lipinski definition) is 2. The summed E-state index contributed by atoms with van der Waals surface area (Å²) in [6, 6.07) is 12.3. The van der Waals surface area contributed by atoms with E-state index in [4.69, 9.17) is 22.1 Å². The molecule has 0 unspecified atom stereocenters. The SMILES string of the molecule is Cc1ccc(C)c(-n2nc(C)cc2NC(=O)COc2ccc(Cl)cc2C(N)=O)c1. The van der Waals surface area contributed by atoms with E-state index in [1.54, 1.807) is 16.8 Å². The third-order valence-corrected chi connectivity index (χ3v) is 4.49. The van der Waals surface area contributed by atoms with E-state index < -0.39 is 11.8 Å². The second-order valence-corrected chi connectivity index (χ2v) is 7.15. The Morgan fingerprint density at radius 3 is 2.62 bits per heavy atom. The van der Waals surface area contributed by atoms with Gasteiger partial charge in [-0.25, -0.2) is 4.68 Å². The minimum absolute atomic E-state index is 0.113. The van der Waals surface area contributed by atoms with E-state index in [1.807, 2.05) is 39.0 Å². The number of ether oxygens (including phenoxy) is 1. The average Bonchev–Trinajstić information content (AvgIpc) is 3.02. The highest BCUT2D eigenvalue weighted by molar-refractivity contribution is 6.31. The molecule has 0 saturated heterocycles. The lowest BCUT2D eigenvalue weighted by Crippen LogP contribution is -2.23. The van der Waals surface area contributed by atoms with Crippen molar-refractivity contribution in [1.29, 1.82) is 0 Å². The summed E-state index contributed by atoms with van der Waals surface area (Å²) >= 11 is 5.88. The van der Waals surface area contributed by atoms with Crippen LogP contribution in [0, 0.1) is 20.8 Å². The van der Waals surface area contributed by atoms with Gasteiger partial charge in [-0.3, -0.25) is 9.59 Å². The Hall–Kier alpha value is -3.32. The summed E-state index contributed by atoms with van der Waals surface area (Å²) < 4.78 is 7.17. The number of aryl methyl sites for hydroxylation is 3. The van der Waals surface area contributed by atoms with E-state index >= 15 is 0 Å². The summed E-state index contributed by atoms with van der Waals surface area (Å²) in [6.07, 6.45) is 0. The topological polar surface area (TPSA) is 99.2 Å². The van der Waals surface area contributed by atoms with Crippen molar-refractivity contribution in [3.8, 4) is 11.4 Å². The zero-order chi connectivity index (χ0) is 21.1. The summed E-state index contributed by atoms with van der Waals surface area (Å²) in [6.45, 7) is 5.51. The van der Waals surface area contributed by atoms with Crippen LogP contribution in [0.15, 0.2) is 42.5 Å². The van der Waals surface area contributed by atoms with Crippen molar-refractivity contribution < 1.29 is 14.3 Å². The average molecular weight is 413 g/mol. The highest BCUT2D eigenvalue weighted by Gasteiger charge is 2.15. The molecule has 0 fully saturated rings. The molecule has 3 N–H and O–H groups in total. The van der Waals surface area contributed by atoms with E-state index in [0.29, 0.717) is 10.8 Å². The molecule has 0 saturated carbocycles. The Labute approximate surface area is 173 Å². The number of benzene rings is 2. The zero-order valence-electron chi connectivity index (χ0n) is 16.3. The third kappa shape index (κ3) is 4.75. The monoisotopic (exact) mass is 412 g/mol. The van der Waals surface area contributed by atoms with Crippen molar-refractivity contribution >= 4 is 29.2 Å². The van der Waals surface area contributed by atoms with Crippen LogP contribution < -0.4 is 15.8 Å².